The molecule has 1 fully saturated rings. The number of nitrogens with zero attached hydrogens (tertiary/aromatic N) is 4. The molecule has 7 nitrogen and oxygen atoms in total. The minimum atomic E-state index is -2.60. The highest BCUT2D eigenvalue weighted by Crippen LogP contribution is 2.36. The van der Waals surface area contributed by atoms with E-state index in [-0.39, 0.29) is 28.4 Å². The lowest BCUT2D eigenvalue weighted by Crippen LogP contribution is -2.24. The van der Waals surface area contributed by atoms with Gasteiger partial charge in [0.05, 0.1) is 40.3 Å². The zero-order chi connectivity index (χ0) is 28.4. The number of amides is 1. The summed E-state index contributed by atoms with van der Waals surface area (Å²) < 4.78 is 83.0. The number of fused-ring (bicyclic) bond motifs is 2. The summed E-state index contributed by atoms with van der Waals surface area (Å²) in [6.07, 6.45) is 3.04. The first-order chi connectivity index (χ1) is 18.9. The molecule has 0 spiro atoms. The van der Waals surface area contributed by atoms with Gasteiger partial charge in [-0.1, -0.05) is 0 Å². The predicted octanol–water partition coefficient (Wildman–Crippen LogP) is 4.24. The molecule has 1 unspecified atom stereocenters. The van der Waals surface area contributed by atoms with Crippen LogP contribution in [0.4, 0.5) is 8.78 Å². The number of aromatic nitrogens is 3. The number of carbonyl (C=O) groups is 1. The normalized spacial score (nSPS) is 21.3. The molecule has 4 heterocycles. The smallest absolute Gasteiger partial charge is 0.256 e. The lowest BCUT2D eigenvalue weighted by molar-refractivity contribution is 0.0763. The zero-order valence-corrected chi connectivity index (χ0v) is 18.3. The van der Waals surface area contributed by atoms with E-state index in [0.29, 0.717) is 36.3 Å². The van der Waals surface area contributed by atoms with E-state index in [2.05, 4.69) is 10.1 Å². The van der Waals surface area contributed by atoms with Gasteiger partial charge in [0.25, 0.3) is 5.91 Å². The lowest BCUT2D eigenvalue weighted by atomic mass is 9.99. The molecule has 1 amide bonds. The topological polar surface area (TPSA) is 69.5 Å². The Bertz CT molecular complexity index is 1630. The third-order valence-corrected chi connectivity index (χ3v) is 6.11. The van der Waals surface area contributed by atoms with Crippen molar-refractivity contribution in [3.8, 4) is 16.9 Å². The first kappa shape index (κ1) is 16.7. The number of rotatable bonds is 5. The van der Waals surface area contributed by atoms with Crippen LogP contribution >= 0.6 is 0 Å². The van der Waals surface area contributed by atoms with Crippen molar-refractivity contribution < 1.29 is 29.9 Å². The summed E-state index contributed by atoms with van der Waals surface area (Å²) in [5.74, 6) is -2.40. The summed E-state index contributed by atoms with van der Waals surface area (Å²) in [5, 5.41) is 4.51. The van der Waals surface area contributed by atoms with Crippen LogP contribution in [0.3, 0.4) is 0 Å². The second-order valence-electron chi connectivity index (χ2n) is 8.37. The van der Waals surface area contributed by atoms with Gasteiger partial charge >= 0.3 is 0 Å². The van der Waals surface area contributed by atoms with Gasteiger partial charge in [0.2, 0.25) is 0 Å². The van der Waals surface area contributed by atoms with Crippen molar-refractivity contribution in [3.05, 3.63) is 77.2 Å². The largest absolute Gasteiger partial charge is 0.486 e. The molecule has 178 valence electrons. The fraction of sp³-hybridized carbons (Fsp3) is 0.269. The maximum atomic E-state index is 15.4. The molecule has 2 aliphatic rings. The highest BCUT2D eigenvalue weighted by Gasteiger charge is 2.30. The van der Waals surface area contributed by atoms with Crippen LogP contribution in [-0.2, 0) is 24.8 Å². The first-order valence-corrected chi connectivity index (χ1v) is 11.0. The van der Waals surface area contributed by atoms with Gasteiger partial charge in [0, 0.05) is 40.9 Å². The standard InChI is InChI=1S/C26H22F2N4O3/c1-31-11-19-17(4-5-24(25(19)30-31)35-16-6-8-34-14-16)15-9-21(27)20(22(28)10-15)12-32-13-23-18(26(32)33)3-2-7-29-23/h2-5,7,9-11,16H,6,8,12-14H2,1H3/i1D3,13D2. The number of hydrogen-bond donors (Lipinski definition) is 0. The monoisotopic (exact) mass is 481 g/mol. The molecule has 0 radical (unpaired) electrons. The van der Waals surface area contributed by atoms with Gasteiger partial charge < -0.3 is 14.4 Å². The van der Waals surface area contributed by atoms with E-state index in [4.69, 9.17) is 16.3 Å². The quantitative estimate of drug-likeness (QED) is 0.427. The second-order valence-corrected chi connectivity index (χ2v) is 8.37. The third kappa shape index (κ3) is 3.81. The minimum absolute atomic E-state index is 0.0325. The molecule has 2 aromatic heterocycles. The van der Waals surface area contributed by atoms with Crippen molar-refractivity contribution in [2.24, 2.45) is 6.98 Å². The Morgan fingerprint density at radius 2 is 2.11 bits per heavy atom. The molecular weight excluding hydrogens is 454 g/mol. The summed E-state index contributed by atoms with van der Waals surface area (Å²) in [7, 11) is 0. The minimum Gasteiger partial charge on any atom is -0.486 e. The van der Waals surface area contributed by atoms with Crippen LogP contribution in [0.25, 0.3) is 22.0 Å². The third-order valence-electron chi connectivity index (χ3n) is 6.11. The van der Waals surface area contributed by atoms with E-state index in [1.807, 2.05) is 0 Å². The predicted molar refractivity (Wildman–Crippen MR) is 124 cm³/mol. The first-order valence-electron chi connectivity index (χ1n) is 13.5. The second kappa shape index (κ2) is 8.42. The Hall–Kier alpha value is -3.85. The molecule has 2 aromatic carbocycles. The van der Waals surface area contributed by atoms with Gasteiger partial charge in [0.1, 0.15) is 29.0 Å². The van der Waals surface area contributed by atoms with Gasteiger partial charge in [-0.05, 0) is 47.5 Å². The summed E-state index contributed by atoms with van der Waals surface area (Å²) in [5.41, 5.74) is 0.0537. The van der Waals surface area contributed by atoms with Gasteiger partial charge in [-0.25, -0.2) is 8.78 Å². The van der Waals surface area contributed by atoms with Crippen LogP contribution in [-0.4, -0.2) is 44.9 Å². The number of benzene rings is 2. The molecule has 0 aliphatic carbocycles. The molecular formula is C26H22F2N4O3. The van der Waals surface area contributed by atoms with Crippen molar-refractivity contribution in [1.29, 1.82) is 0 Å². The molecule has 1 saturated heterocycles. The molecule has 0 N–H and O–H groups in total. The highest BCUT2D eigenvalue weighted by atomic mass is 19.1. The average molecular weight is 482 g/mol. The SMILES string of the molecule is [2H]C1([2H])c2ncccc2C(=O)N1Cc1c(F)cc(-c2ccc(OC3CCOC3)c3nn(C([2H])([2H])[2H])cc23)cc1F. The Morgan fingerprint density at radius 1 is 1.26 bits per heavy atom. The van der Waals surface area contributed by atoms with Crippen molar-refractivity contribution in [1.82, 2.24) is 19.7 Å². The number of aryl methyl sites for hydroxylation is 1. The van der Waals surface area contributed by atoms with Crippen molar-refractivity contribution in [3.63, 3.8) is 0 Å². The van der Waals surface area contributed by atoms with Crippen molar-refractivity contribution in [2.75, 3.05) is 13.2 Å². The van der Waals surface area contributed by atoms with E-state index in [9.17, 15) is 4.79 Å². The maximum absolute atomic E-state index is 15.4. The van der Waals surface area contributed by atoms with Crippen LogP contribution in [0.5, 0.6) is 5.75 Å². The van der Waals surface area contributed by atoms with E-state index < -0.39 is 43.1 Å². The van der Waals surface area contributed by atoms with Crippen LogP contribution in [0, 0.1) is 11.6 Å². The summed E-state index contributed by atoms with van der Waals surface area (Å²) in [6.45, 7) is -4.71. The summed E-state index contributed by atoms with van der Waals surface area (Å²) >= 11 is 0. The Balaban J connectivity index is 1.39. The molecule has 0 bridgehead atoms. The van der Waals surface area contributed by atoms with Crippen molar-refractivity contribution in [2.45, 2.75) is 25.6 Å². The van der Waals surface area contributed by atoms with Gasteiger partial charge in [-0.2, -0.15) is 5.10 Å². The summed E-state index contributed by atoms with van der Waals surface area (Å²) in [4.78, 5) is 17.5. The van der Waals surface area contributed by atoms with E-state index >= 15 is 8.78 Å². The van der Waals surface area contributed by atoms with Crippen LogP contribution < -0.4 is 4.74 Å². The van der Waals surface area contributed by atoms with E-state index in [1.54, 1.807) is 12.1 Å². The Kier molecular flexibility index (Phi) is 4.02. The average Bonchev–Trinajstić information content (AvgIpc) is 3.61. The zero-order valence-electron chi connectivity index (χ0n) is 23.3. The summed E-state index contributed by atoms with van der Waals surface area (Å²) in [6, 6.07) is 8.16. The fourth-order valence-electron chi connectivity index (χ4n) is 4.38. The molecule has 6 rings (SSSR count). The molecule has 0 saturated carbocycles. The molecule has 35 heavy (non-hydrogen) atoms. The number of ether oxygens (including phenoxy) is 2. The maximum Gasteiger partial charge on any atom is 0.256 e. The Labute approximate surface area is 206 Å². The highest BCUT2D eigenvalue weighted by molar-refractivity contribution is 5.98. The molecule has 4 aromatic rings. The van der Waals surface area contributed by atoms with Crippen LogP contribution in [0.1, 0.15) is 34.9 Å². The number of hydrogen-bond acceptors (Lipinski definition) is 5. The van der Waals surface area contributed by atoms with E-state index in [1.165, 1.54) is 24.5 Å². The number of pyridine rings is 1. The van der Waals surface area contributed by atoms with Gasteiger partial charge in [-0.3, -0.25) is 14.5 Å². The van der Waals surface area contributed by atoms with Gasteiger partial charge in [0.15, 0.2) is 0 Å². The Morgan fingerprint density at radius 3 is 2.86 bits per heavy atom. The number of halogens is 2. The van der Waals surface area contributed by atoms with Crippen molar-refractivity contribution >= 4 is 16.8 Å². The number of carbonyl (C=O) groups excluding carboxylic acids is 1. The molecule has 2 aliphatic heterocycles. The van der Waals surface area contributed by atoms with E-state index in [0.717, 1.165) is 21.7 Å². The lowest BCUT2D eigenvalue weighted by Gasteiger charge is -2.17. The molecule has 1 atom stereocenters. The fourth-order valence-corrected chi connectivity index (χ4v) is 4.38. The molecule has 9 heteroatoms. The van der Waals surface area contributed by atoms with Crippen LogP contribution in [0.2, 0.25) is 0 Å². The van der Waals surface area contributed by atoms with Gasteiger partial charge in [-0.15, -0.1) is 0 Å². The van der Waals surface area contributed by atoms with Crippen LogP contribution in [0.15, 0.2) is 48.8 Å².